The van der Waals surface area contributed by atoms with Gasteiger partial charge in [0.05, 0.1) is 28.1 Å². The van der Waals surface area contributed by atoms with Crippen LogP contribution in [-0.4, -0.2) is 24.7 Å². The Bertz CT molecular complexity index is 981. The van der Waals surface area contributed by atoms with Gasteiger partial charge >= 0.3 is 0 Å². The van der Waals surface area contributed by atoms with E-state index in [-0.39, 0.29) is 0 Å². The van der Waals surface area contributed by atoms with Crippen LogP contribution < -0.4 is 0 Å². The van der Waals surface area contributed by atoms with Gasteiger partial charge in [-0.1, -0.05) is 42.1 Å². The highest BCUT2D eigenvalue weighted by molar-refractivity contribution is 7.98. The smallest absolute Gasteiger partial charge is 0.209 e. The molecule has 0 aliphatic carbocycles. The van der Waals surface area contributed by atoms with Crippen molar-refractivity contribution in [2.75, 3.05) is 0 Å². The maximum atomic E-state index is 4.71. The zero-order valence-electron chi connectivity index (χ0n) is 13.1. The highest BCUT2D eigenvalue weighted by Gasteiger charge is 2.08. The number of hydrogen-bond donors (Lipinski definition) is 0. The van der Waals surface area contributed by atoms with Gasteiger partial charge in [0, 0.05) is 5.75 Å². The van der Waals surface area contributed by atoms with Crippen LogP contribution in [0.5, 0.6) is 0 Å². The minimum atomic E-state index is 0.697. The van der Waals surface area contributed by atoms with Gasteiger partial charge in [-0.25, -0.2) is 19.6 Å². The van der Waals surface area contributed by atoms with Gasteiger partial charge in [0.2, 0.25) is 5.16 Å². The maximum Gasteiger partial charge on any atom is 0.209 e. The minimum absolute atomic E-state index is 0.697. The van der Waals surface area contributed by atoms with E-state index in [0.717, 1.165) is 33.3 Å². The average Bonchev–Trinajstić information content (AvgIpc) is 3.10. The second kappa shape index (κ2) is 6.41. The third-order valence-electron chi connectivity index (χ3n) is 3.67. The molecule has 24 heavy (non-hydrogen) atoms. The lowest BCUT2D eigenvalue weighted by Crippen LogP contribution is -1.97. The molecule has 0 amide bonds. The standard InChI is InChI=1S/C18H15N5S/c1-13-17(21-16-10-6-5-9-15(16)20-13)11-24-18-19-12-23(22-18)14-7-3-2-4-8-14/h2-10,12H,11H2,1H3. The number of para-hydroxylation sites is 3. The van der Waals surface area contributed by atoms with Crippen molar-refractivity contribution in [1.29, 1.82) is 0 Å². The number of hydrogen-bond acceptors (Lipinski definition) is 5. The third kappa shape index (κ3) is 3.00. The number of nitrogens with zero attached hydrogens (tertiary/aromatic N) is 5. The van der Waals surface area contributed by atoms with Crippen LogP contribution in [-0.2, 0) is 5.75 Å². The number of rotatable bonds is 4. The molecule has 0 spiro atoms. The van der Waals surface area contributed by atoms with E-state index in [2.05, 4.69) is 15.1 Å². The highest BCUT2D eigenvalue weighted by Crippen LogP contribution is 2.21. The first kappa shape index (κ1) is 14.8. The summed E-state index contributed by atoms with van der Waals surface area (Å²) in [6.45, 7) is 1.99. The molecule has 4 aromatic rings. The van der Waals surface area contributed by atoms with Crippen molar-refractivity contribution < 1.29 is 0 Å². The Morgan fingerprint density at radius 3 is 2.42 bits per heavy atom. The lowest BCUT2D eigenvalue weighted by atomic mass is 10.2. The zero-order chi connectivity index (χ0) is 16.4. The molecule has 0 saturated heterocycles. The van der Waals surface area contributed by atoms with Crippen molar-refractivity contribution in [2.24, 2.45) is 0 Å². The Kier molecular flexibility index (Phi) is 3.96. The van der Waals surface area contributed by atoms with Crippen LogP contribution in [0.1, 0.15) is 11.4 Å². The molecule has 0 radical (unpaired) electrons. The number of benzene rings is 2. The lowest BCUT2D eigenvalue weighted by Gasteiger charge is -2.05. The first-order valence-electron chi connectivity index (χ1n) is 7.62. The van der Waals surface area contributed by atoms with Gasteiger partial charge in [-0.15, -0.1) is 5.10 Å². The van der Waals surface area contributed by atoms with Crippen LogP contribution in [0.2, 0.25) is 0 Å². The van der Waals surface area contributed by atoms with Crippen LogP contribution >= 0.6 is 11.8 Å². The molecule has 2 aromatic carbocycles. The SMILES string of the molecule is Cc1nc2ccccc2nc1CSc1ncn(-c2ccccc2)n1. The quantitative estimate of drug-likeness (QED) is 0.532. The van der Waals surface area contributed by atoms with Crippen molar-refractivity contribution in [1.82, 2.24) is 24.7 Å². The summed E-state index contributed by atoms with van der Waals surface area (Å²) in [4.78, 5) is 13.7. The molecule has 0 bridgehead atoms. The summed E-state index contributed by atoms with van der Waals surface area (Å²) in [5.41, 5.74) is 4.76. The predicted molar refractivity (Wildman–Crippen MR) is 95.2 cm³/mol. The molecule has 118 valence electrons. The van der Waals surface area contributed by atoms with Gasteiger partial charge in [0.1, 0.15) is 6.33 Å². The maximum absolute atomic E-state index is 4.71. The van der Waals surface area contributed by atoms with Crippen LogP contribution in [0.15, 0.2) is 66.1 Å². The van der Waals surface area contributed by atoms with E-state index in [9.17, 15) is 0 Å². The highest BCUT2D eigenvalue weighted by atomic mass is 32.2. The summed E-state index contributed by atoms with van der Waals surface area (Å²) >= 11 is 1.57. The fourth-order valence-corrected chi connectivity index (χ4v) is 3.22. The van der Waals surface area contributed by atoms with Crippen molar-refractivity contribution >= 4 is 22.8 Å². The summed E-state index contributed by atoms with van der Waals surface area (Å²) in [7, 11) is 0. The van der Waals surface area contributed by atoms with Gasteiger partial charge in [-0.05, 0) is 31.2 Å². The molecule has 0 saturated carbocycles. The van der Waals surface area contributed by atoms with Crippen molar-refractivity contribution in [3.63, 3.8) is 0 Å². The second-order valence-electron chi connectivity index (χ2n) is 5.34. The Hall–Kier alpha value is -2.73. The summed E-state index contributed by atoms with van der Waals surface area (Å²) < 4.78 is 1.78. The Labute approximate surface area is 143 Å². The van der Waals surface area contributed by atoms with Crippen molar-refractivity contribution in [3.8, 4) is 5.69 Å². The molecule has 2 heterocycles. The van der Waals surface area contributed by atoms with Gasteiger partial charge < -0.3 is 0 Å². The fourth-order valence-electron chi connectivity index (χ4n) is 2.41. The zero-order valence-corrected chi connectivity index (χ0v) is 13.9. The normalized spacial score (nSPS) is 11.0. The largest absolute Gasteiger partial charge is 0.250 e. The molecule has 0 N–H and O–H groups in total. The Morgan fingerprint density at radius 1 is 0.917 bits per heavy atom. The van der Waals surface area contributed by atoms with E-state index in [0.29, 0.717) is 5.75 Å². The van der Waals surface area contributed by atoms with Crippen LogP contribution in [0, 0.1) is 6.92 Å². The first-order chi connectivity index (χ1) is 11.8. The Morgan fingerprint density at radius 2 is 1.62 bits per heavy atom. The first-order valence-corrected chi connectivity index (χ1v) is 8.60. The van der Waals surface area contributed by atoms with E-state index in [1.54, 1.807) is 22.8 Å². The summed E-state index contributed by atoms with van der Waals surface area (Å²) in [5, 5.41) is 5.24. The third-order valence-corrected chi connectivity index (χ3v) is 4.54. The summed E-state index contributed by atoms with van der Waals surface area (Å²) in [6.07, 6.45) is 1.73. The minimum Gasteiger partial charge on any atom is -0.250 e. The number of fused-ring (bicyclic) bond motifs is 1. The molecule has 0 unspecified atom stereocenters. The van der Waals surface area contributed by atoms with E-state index >= 15 is 0 Å². The molecule has 0 fully saturated rings. The summed E-state index contributed by atoms with van der Waals surface area (Å²) in [6, 6.07) is 17.9. The molecule has 2 aromatic heterocycles. The molecule has 0 aliphatic heterocycles. The molecule has 6 heteroatoms. The van der Waals surface area contributed by atoms with Crippen LogP contribution in [0.3, 0.4) is 0 Å². The van der Waals surface area contributed by atoms with Gasteiger partial charge in [0.15, 0.2) is 0 Å². The predicted octanol–water partition coefficient (Wildman–Crippen LogP) is 3.81. The van der Waals surface area contributed by atoms with Crippen molar-refractivity contribution in [2.45, 2.75) is 17.8 Å². The van der Waals surface area contributed by atoms with Gasteiger partial charge in [0.25, 0.3) is 0 Å². The topological polar surface area (TPSA) is 56.5 Å². The van der Waals surface area contributed by atoms with E-state index in [1.165, 1.54) is 0 Å². The van der Waals surface area contributed by atoms with E-state index < -0.39 is 0 Å². The molecular formula is C18H15N5S. The number of aryl methyl sites for hydroxylation is 1. The molecule has 4 rings (SSSR count). The Balaban J connectivity index is 1.53. The number of aromatic nitrogens is 5. The molecular weight excluding hydrogens is 318 g/mol. The summed E-state index contributed by atoms with van der Waals surface area (Å²) in [5.74, 6) is 0.697. The van der Waals surface area contributed by atoms with Crippen molar-refractivity contribution in [3.05, 3.63) is 72.3 Å². The van der Waals surface area contributed by atoms with Crippen LogP contribution in [0.25, 0.3) is 16.7 Å². The molecule has 5 nitrogen and oxygen atoms in total. The second-order valence-corrected chi connectivity index (χ2v) is 6.28. The van der Waals surface area contributed by atoms with E-state index in [4.69, 9.17) is 4.98 Å². The lowest BCUT2D eigenvalue weighted by molar-refractivity contribution is 0.834. The average molecular weight is 333 g/mol. The van der Waals surface area contributed by atoms with E-state index in [1.807, 2.05) is 61.5 Å². The monoisotopic (exact) mass is 333 g/mol. The van der Waals surface area contributed by atoms with Gasteiger partial charge in [-0.2, -0.15) is 0 Å². The fraction of sp³-hybridized carbons (Fsp3) is 0.111. The molecule has 0 atom stereocenters. The molecule has 0 aliphatic rings. The number of thioether (sulfide) groups is 1. The van der Waals surface area contributed by atoms with Gasteiger partial charge in [-0.3, -0.25) is 0 Å². The van der Waals surface area contributed by atoms with Crippen LogP contribution in [0.4, 0.5) is 0 Å².